The minimum atomic E-state index is -1.36. The lowest BCUT2D eigenvalue weighted by Gasteiger charge is -2.29. The van der Waals surface area contributed by atoms with E-state index in [1.807, 2.05) is 20.8 Å². The Morgan fingerprint density at radius 1 is 1.44 bits per heavy atom. The molecule has 5 heteroatoms. The maximum Gasteiger partial charge on any atom is 0.144 e. The first kappa shape index (κ1) is 13.9. The molecule has 0 aromatic carbocycles. The SMILES string of the molecule is CC(C)(C)[S+]([O-])N=CC1(O)CCC(F)CC1. The highest BCUT2D eigenvalue weighted by Crippen LogP contribution is 2.29. The van der Waals surface area contributed by atoms with Gasteiger partial charge in [-0.3, -0.25) is 0 Å². The number of halogens is 1. The molecule has 0 amide bonds. The molecule has 0 spiro atoms. The van der Waals surface area contributed by atoms with Gasteiger partial charge in [-0.25, -0.2) is 4.39 Å². The molecule has 1 N–H and O–H groups in total. The first-order valence-electron chi connectivity index (χ1n) is 5.57. The molecule has 1 fully saturated rings. The molecule has 1 aliphatic carbocycles. The molecular formula is C11H20FNO2S. The van der Waals surface area contributed by atoms with Crippen LogP contribution in [0.15, 0.2) is 4.40 Å². The molecule has 1 aliphatic rings. The van der Waals surface area contributed by atoms with Crippen molar-refractivity contribution in [2.24, 2.45) is 4.40 Å². The van der Waals surface area contributed by atoms with E-state index in [0.717, 1.165) is 0 Å². The molecule has 0 aliphatic heterocycles. The van der Waals surface area contributed by atoms with Crippen LogP contribution in [0.4, 0.5) is 4.39 Å². The van der Waals surface area contributed by atoms with Crippen LogP contribution in [-0.2, 0) is 11.4 Å². The Bertz CT molecular complexity index is 257. The molecule has 1 atom stereocenters. The van der Waals surface area contributed by atoms with E-state index in [0.29, 0.717) is 25.7 Å². The quantitative estimate of drug-likeness (QED) is 0.602. The molecule has 94 valence electrons. The number of rotatable bonds is 2. The average Bonchev–Trinajstić information content (AvgIpc) is 2.18. The van der Waals surface area contributed by atoms with Crippen LogP contribution in [-0.4, -0.2) is 32.4 Å². The summed E-state index contributed by atoms with van der Waals surface area (Å²) in [6, 6.07) is 0. The molecular weight excluding hydrogens is 229 g/mol. The second kappa shape index (κ2) is 5.02. The zero-order valence-corrected chi connectivity index (χ0v) is 10.9. The molecule has 0 heterocycles. The Labute approximate surface area is 99.5 Å². The summed E-state index contributed by atoms with van der Waals surface area (Å²) in [7, 11) is 0. The highest BCUT2D eigenvalue weighted by molar-refractivity contribution is 7.91. The first-order chi connectivity index (χ1) is 7.23. The van der Waals surface area contributed by atoms with E-state index in [4.69, 9.17) is 0 Å². The third-order valence-electron chi connectivity index (χ3n) is 2.69. The lowest BCUT2D eigenvalue weighted by atomic mass is 9.85. The lowest BCUT2D eigenvalue weighted by molar-refractivity contribution is 0.0486. The van der Waals surface area contributed by atoms with Crippen molar-refractivity contribution >= 4 is 17.6 Å². The Morgan fingerprint density at radius 2 is 1.94 bits per heavy atom. The summed E-state index contributed by atoms with van der Waals surface area (Å²) in [5.41, 5.74) is -1.07. The monoisotopic (exact) mass is 249 g/mol. The van der Waals surface area contributed by atoms with E-state index < -0.39 is 27.9 Å². The van der Waals surface area contributed by atoms with Gasteiger partial charge >= 0.3 is 0 Å². The third kappa shape index (κ3) is 4.03. The van der Waals surface area contributed by atoms with Crippen LogP contribution in [0.25, 0.3) is 0 Å². The van der Waals surface area contributed by atoms with Crippen LogP contribution in [0.1, 0.15) is 46.5 Å². The summed E-state index contributed by atoms with van der Waals surface area (Å²) in [4.78, 5) is 0. The smallest absolute Gasteiger partial charge is 0.144 e. The Hall–Kier alpha value is -0.130. The van der Waals surface area contributed by atoms with Gasteiger partial charge in [0.2, 0.25) is 0 Å². The highest BCUT2D eigenvalue weighted by Gasteiger charge is 2.34. The van der Waals surface area contributed by atoms with Gasteiger partial charge in [0.15, 0.2) is 0 Å². The van der Waals surface area contributed by atoms with Gasteiger partial charge in [0, 0.05) is 0 Å². The van der Waals surface area contributed by atoms with Crippen molar-refractivity contribution in [1.82, 2.24) is 0 Å². The third-order valence-corrected chi connectivity index (χ3v) is 4.04. The van der Waals surface area contributed by atoms with Crippen LogP contribution >= 0.6 is 0 Å². The predicted octanol–water partition coefficient (Wildman–Crippen LogP) is 2.16. The Morgan fingerprint density at radius 3 is 2.38 bits per heavy atom. The second-order valence-electron chi connectivity index (χ2n) is 5.37. The van der Waals surface area contributed by atoms with Crippen molar-refractivity contribution in [3.05, 3.63) is 0 Å². The number of hydrogen-bond acceptors (Lipinski definition) is 3. The van der Waals surface area contributed by atoms with Gasteiger partial charge in [0.1, 0.15) is 27.9 Å². The van der Waals surface area contributed by atoms with Gasteiger partial charge in [0.05, 0.1) is 6.21 Å². The largest absolute Gasteiger partial charge is 0.591 e. The topological polar surface area (TPSA) is 55.7 Å². The lowest BCUT2D eigenvalue weighted by Crippen LogP contribution is -2.37. The maximum absolute atomic E-state index is 12.9. The highest BCUT2D eigenvalue weighted by atomic mass is 32.2. The maximum atomic E-state index is 12.9. The molecule has 0 saturated heterocycles. The molecule has 0 bridgehead atoms. The van der Waals surface area contributed by atoms with Crippen molar-refractivity contribution < 1.29 is 14.0 Å². The van der Waals surface area contributed by atoms with Crippen molar-refractivity contribution in [3.8, 4) is 0 Å². The van der Waals surface area contributed by atoms with Gasteiger partial charge in [-0.2, -0.15) is 0 Å². The van der Waals surface area contributed by atoms with Crippen LogP contribution in [0.5, 0.6) is 0 Å². The minimum absolute atomic E-state index is 0.352. The van der Waals surface area contributed by atoms with Crippen molar-refractivity contribution in [2.45, 2.75) is 63.0 Å². The van der Waals surface area contributed by atoms with Crippen LogP contribution in [0.2, 0.25) is 0 Å². The molecule has 16 heavy (non-hydrogen) atoms. The van der Waals surface area contributed by atoms with Crippen LogP contribution in [0, 0.1) is 0 Å². The fourth-order valence-electron chi connectivity index (χ4n) is 1.52. The molecule has 0 aromatic rings. The zero-order valence-electron chi connectivity index (χ0n) is 10.1. The Balaban J connectivity index is 2.56. The Kier molecular flexibility index (Phi) is 4.37. The average molecular weight is 249 g/mol. The van der Waals surface area contributed by atoms with E-state index in [1.54, 1.807) is 0 Å². The molecule has 0 radical (unpaired) electrons. The second-order valence-corrected chi connectivity index (χ2v) is 7.31. The van der Waals surface area contributed by atoms with Crippen molar-refractivity contribution in [2.75, 3.05) is 0 Å². The van der Waals surface area contributed by atoms with Gasteiger partial charge in [-0.1, -0.05) is 4.40 Å². The molecule has 1 unspecified atom stereocenters. The summed E-state index contributed by atoms with van der Waals surface area (Å²) < 4.78 is 28.0. The van der Waals surface area contributed by atoms with Crippen LogP contribution < -0.4 is 0 Å². The van der Waals surface area contributed by atoms with Gasteiger partial charge < -0.3 is 9.66 Å². The number of alkyl halides is 1. The zero-order chi connectivity index (χ0) is 12.4. The molecule has 1 rings (SSSR count). The van der Waals surface area contributed by atoms with Crippen LogP contribution in [0.3, 0.4) is 0 Å². The van der Waals surface area contributed by atoms with Gasteiger partial charge in [-0.05, 0) is 46.5 Å². The van der Waals surface area contributed by atoms with Crippen molar-refractivity contribution in [3.63, 3.8) is 0 Å². The fraction of sp³-hybridized carbons (Fsp3) is 0.909. The van der Waals surface area contributed by atoms with E-state index in [1.165, 1.54) is 6.21 Å². The first-order valence-corrected chi connectivity index (χ1v) is 6.67. The number of aliphatic hydroxyl groups is 1. The standard InChI is InChI=1S/C11H20FNO2S/c1-10(2,3)16(15)13-8-11(14)6-4-9(12)5-7-11/h8-9,14H,4-7H2,1-3H3. The van der Waals surface area contributed by atoms with Gasteiger partial charge in [-0.15, -0.1) is 0 Å². The normalized spacial score (nSPS) is 34.2. The van der Waals surface area contributed by atoms with E-state index in [-0.39, 0.29) is 0 Å². The summed E-state index contributed by atoms with van der Waals surface area (Å²) in [5, 5.41) is 10.1. The fourth-order valence-corrected chi connectivity index (χ4v) is 2.12. The number of nitrogens with zero attached hydrogens (tertiary/aromatic N) is 1. The van der Waals surface area contributed by atoms with Gasteiger partial charge in [0.25, 0.3) is 0 Å². The number of hydrogen-bond donors (Lipinski definition) is 1. The summed E-state index contributed by atoms with van der Waals surface area (Å²) in [6.07, 6.45) is 1.95. The molecule has 3 nitrogen and oxygen atoms in total. The van der Waals surface area contributed by atoms with E-state index >= 15 is 0 Å². The summed E-state index contributed by atoms with van der Waals surface area (Å²) in [5.74, 6) is 0. The predicted molar refractivity (Wildman–Crippen MR) is 64.7 cm³/mol. The minimum Gasteiger partial charge on any atom is -0.591 e. The summed E-state index contributed by atoms with van der Waals surface area (Å²) in [6.45, 7) is 5.47. The van der Waals surface area contributed by atoms with E-state index in [9.17, 15) is 14.0 Å². The summed E-state index contributed by atoms with van der Waals surface area (Å²) >= 11 is -1.36. The van der Waals surface area contributed by atoms with E-state index in [2.05, 4.69) is 4.40 Å². The molecule has 0 aromatic heterocycles. The molecule has 1 saturated carbocycles. The van der Waals surface area contributed by atoms with Crippen molar-refractivity contribution in [1.29, 1.82) is 0 Å².